The van der Waals surface area contributed by atoms with Gasteiger partial charge in [-0.05, 0) is 37.6 Å². The first-order chi connectivity index (χ1) is 15.1. The van der Waals surface area contributed by atoms with Gasteiger partial charge in [0.2, 0.25) is 11.8 Å². The summed E-state index contributed by atoms with van der Waals surface area (Å²) in [4.78, 5) is 9.24. The van der Waals surface area contributed by atoms with Gasteiger partial charge in [0, 0.05) is 5.02 Å². The lowest BCUT2D eigenvalue weighted by Crippen LogP contribution is -2.16. The van der Waals surface area contributed by atoms with Crippen LogP contribution in [-0.2, 0) is 0 Å². The number of rotatable bonds is 2. The van der Waals surface area contributed by atoms with Crippen LogP contribution in [0.25, 0.3) is 11.3 Å². The first kappa shape index (κ1) is 18.1. The quantitative estimate of drug-likeness (QED) is 0.393. The molecule has 0 radical (unpaired) electrons. The number of hydrogen-bond acceptors (Lipinski definition) is 5. The van der Waals surface area contributed by atoms with Crippen LogP contribution in [0, 0.1) is 13.8 Å². The second kappa shape index (κ2) is 6.65. The van der Waals surface area contributed by atoms with Crippen molar-refractivity contribution in [2.24, 2.45) is 0 Å². The highest BCUT2D eigenvalue weighted by molar-refractivity contribution is 6.30. The molecule has 3 aromatic heterocycles. The van der Waals surface area contributed by atoms with Crippen molar-refractivity contribution < 1.29 is 4.74 Å². The molecule has 1 aliphatic rings. The van der Waals surface area contributed by atoms with Crippen LogP contribution in [0.1, 0.15) is 34.1 Å². The minimum atomic E-state index is -0.146. The molecule has 0 saturated heterocycles. The fraction of sp³-hybridized carbons (Fsp3) is 0.130. The minimum absolute atomic E-state index is 0.146. The molecule has 152 valence electrons. The van der Waals surface area contributed by atoms with E-state index in [9.17, 15) is 0 Å². The summed E-state index contributed by atoms with van der Waals surface area (Å²) in [7, 11) is 0. The predicted octanol–water partition coefficient (Wildman–Crippen LogP) is 4.87. The van der Waals surface area contributed by atoms with Crippen molar-refractivity contribution in [3.63, 3.8) is 0 Å². The topological polar surface area (TPSA) is 70.1 Å². The molecule has 0 aliphatic carbocycles. The van der Waals surface area contributed by atoms with E-state index in [1.165, 1.54) is 0 Å². The first-order valence-corrected chi connectivity index (χ1v) is 10.3. The third kappa shape index (κ3) is 2.74. The number of aromatic nitrogens is 6. The van der Waals surface area contributed by atoms with E-state index in [4.69, 9.17) is 21.4 Å². The molecule has 2 aromatic carbocycles. The molecule has 0 saturated carbocycles. The maximum absolute atomic E-state index is 6.36. The Kier molecular flexibility index (Phi) is 3.88. The van der Waals surface area contributed by atoms with Gasteiger partial charge in [0.25, 0.3) is 0 Å². The molecule has 1 aliphatic heterocycles. The Bertz CT molecular complexity index is 1460. The van der Waals surface area contributed by atoms with Crippen LogP contribution in [-0.4, -0.2) is 29.4 Å². The van der Waals surface area contributed by atoms with Crippen LogP contribution < -0.4 is 4.74 Å². The lowest BCUT2D eigenvalue weighted by molar-refractivity contribution is 0.402. The van der Waals surface area contributed by atoms with Crippen molar-refractivity contribution >= 4 is 17.2 Å². The Balaban J connectivity index is 1.67. The number of fused-ring (bicyclic) bond motifs is 4. The monoisotopic (exact) mass is 428 g/mol. The Morgan fingerprint density at radius 2 is 1.81 bits per heavy atom. The van der Waals surface area contributed by atoms with Crippen LogP contribution in [0.15, 0.2) is 60.9 Å². The number of ether oxygens (including phenoxy) is 1. The van der Waals surface area contributed by atoms with Crippen LogP contribution in [0.4, 0.5) is 0 Å². The van der Waals surface area contributed by atoms with Gasteiger partial charge in [0.1, 0.15) is 12.2 Å². The molecule has 1 atom stereocenters. The fourth-order valence-electron chi connectivity index (χ4n) is 4.25. The van der Waals surface area contributed by atoms with E-state index in [1.54, 1.807) is 15.5 Å². The highest BCUT2D eigenvalue weighted by atomic mass is 35.5. The Labute approximate surface area is 182 Å². The van der Waals surface area contributed by atoms with E-state index in [0.29, 0.717) is 22.6 Å². The van der Waals surface area contributed by atoms with Crippen molar-refractivity contribution in [3.05, 3.63) is 94.2 Å². The third-order valence-electron chi connectivity index (χ3n) is 5.51. The largest absolute Gasteiger partial charge is 0.420 e. The highest BCUT2D eigenvalue weighted by Crippen LogP contribution is 2.49. The van der Waals surface area contributed by atoms with Gasteiger partial charge in [-0.15, -0.1) is 0 Å². The maximum atomic E-state index is 6.36. The molecule has 31 heavy (non-hydrogen) atoms. The molecule has 0 amide bonds. The second-order valence-electron chi connectivity index (χ2n) is 7.53. The van der Waals surface area contributed by atoms with Gasteiger partial charge < -0.3 is 4.74 Å². The minimum Gasteiger partial charge on any atom is -0.420 e. The van der Waals surface area contributed by atoms with Gasteiger partial charge in [-0.25, -0.2) is 19.2 Å². The van der Waals surface area contributed by atoms with Crippen molar-refractivity contribution in [1.82, 2.24) is 29.4 Å². The zero-order valence-corrected chi connectivity index (χ0v) is 17.6. The Morgan fingerprint density at radius 3 is 2.61 bits per heavy atom. The van der Waals surface area contributed by atoms with Crippen LogP contribution in [0.3, 0.4) is 0 Å². The summed E-state index contributed by atoms with van der Waals surface area (Å²) in [6.07, 6.45) is 1.63. The zero-order valence-electron chi connectivity index (χ0n) is 16.8. The molecular weight excluding hydrogens is 412 g/mol. The van der Waals surface area contributed by atoms with E-state index in [2.05, 4.69) is 27.2 Å². The van der Waals surface area contributed by atoms with E-state index in [0.717, 1.165) is 33.7 Å². The number of aryl methyl sites for hydroxylation is 2. The zero-order chi connectivity index (χ0) is 21.1. The van der Waals surface area contributed by atoms with E-state index < -0.39 is 0 Å². The van der Waals surface area contributed by atoms with Gasteiger partial charge >= 0.3 is 0 Å². The normalized spacial score (nSPS) is 14.9. The van der Waals surface area contributed by atoms with Gasteiger partial charge in [0.05, 0.1) is 28.4 Å². The Hall–Kier alpha value is -3.71. The average Bonchev–Trinajstić information content (AvgIpc) is 3.32. The number of hydrogen-bond donors (Lipinski definition) is 0. The lowest BCUT2D eigenvalue weighted by Gasteiger charge is -2.26. The van der Waals surface area contributed by atoms with Gasteiger partial charge in [0.15, 0.2) is 5.65 Å². The van der Waals surface area contributed by atoms with Crippen LogP contribution in [0.2, 0.25) is 5.02 Å². The van der Waals surface area contributed by atoms with Crippen LogP contribution >= 0.6 is 11.6 Å². The second-order valence-corrected chi connectivity index (χ2v) is 7.97. The summed E-state index contributed by atoms with van der Waals surface area (Å²) in [5, 5.41) is 9.89. The summed E-state index contributed by atoms with van der Waals surface area (Å²) >= 11 is 6.25. The van der Waals surface area contributed by atoms with Gasteiger partial charge in [-0.1, -0.05) is 48.0 Å². The lowest BCUT2D eigenvalue weighted by atomic mass is 9.84. The maximum Gasteiger partial charge on any atom is 0.230 e. The smallest absolute Gasteiger partial charge is 0.230 e. The van der Waals surface area contributed by atoms with Crippen molar-refractivity contribution in [2.45, 2.75) is 19.8 Å². The molecule has 4 heterocycles. The summed E-state index contributed by atoms with van der Waals surface area (Å²) in [6.45, 7) is 3.86. The summed E-state index contributed by atoms with van der Waals surface area (Å²) in [6, 6.07) is 17.8. The van der Waals surface area contributed by atoms with E-state index in [1.807, 2.05) is 56.3 Å². The fourth-order valence-corrected chi connectivity index (χ4v) is 4.43. The van der Waals surface area contributed by atoms with Gasteiger partial charge in [-0.2, -0.15) is 10.2 Å². The summed E-state index contributed by atoms with van der Waals surface area (Å²) < 4.78 is 9.85. The van der Waals surface area contributed by atoms with Crippen molar-refractivity contribution in [1.29, 1.82) is 0 Å². The summed E-state index contributed by atoms with van der Waals surface area (Å²) in [5.74, 6) is 1.67. The number of halogens is 1. The molecular formula is C23H17ClN6O. The Morgan fingerprint density at radius 1 is 0.968 bits per heavy atom. The van der Waals surface area contributed by atoms with Crippen LogP contribution in [0.5, 0.6) is 11.8 Å². The molecule has 0 unspecified atom stereocenters. The first-order valence-electron chi connectivity index (χ1n) is 9.90. The molecule has 0 N–H and O–H groups in total. The van der Waals surface area contributed by atoms with E-state index >= 15 is 0 Å². The van der Waals surface area contributed by atoms with Crippen molar-refractivity contribution in [3.8, 4) is 17.4 Å². The SMILES string of the molecule is Cc1nc2c3c(ncn2n1)Oc1c(c(C)nn1-c1cccc(Cl)c1)[C@H]3c1ccccc1. The van der Waals surface area contributed by atoms with E-state index in [-0.39, 0.29) is 5.92 Å². The molecule has 8 heteroatoms. The molecule has 0 spiro atoms. The predicted molar refractivity (Wildman–Crippen MR) is 116 cm³/mol. The summed E-state index contributed by atoms with van der Waals surface area (Å²) in [5.41, 5.74) is 5.40. The molecule has 0 fully saturated rings. The average molecular weight is 429 g/mol. The third-order valence-corrected chi connectivity index (χ3v) is 5.75. The molecule has 0 bridgehead atoms. The molecule has 7 nitrogen and oxygen atoms in total. The number of nitrogens with zero attached hydrogens (tertiary/aromatic N) is 6. The molecule has 5 aromatic rings. The van der Waals surface area contributed by atoms with Gasteiger partial charge in [-0.3, -0.25) is 0 Å². The number of benzene rings is 2. The molecule has 6 rings (SSSR count). The standard InChI is InChI=1S/C23H17ClN6O/c1-13-18-19(15-7-4-3-5-8-15)20-21-26-14(2)28-29(21)12-25-22(20)31-23(18)30(27-13)17-10-6-9-16(24)11-17/h3-12,19H,1-2H3/t19-/m1/s1. The highest BCUT2D eigenvalue weighted by Gasteiger charge is 2.37. The van der Waals surface area contributed by atoms with Crippen molar-refractivity contribution in [2.75, 3.05) is 0 Å².